The number of halogens is 1. The second-order valence-electron chi connectivity index (χ2n) is 4.82. The molecule has 1 aromatic heterocycles. The van der Waals surface area contributed by atoms with E-state index in [1.807, 2.05) is 0 Å². The second-order valence-corrected chi connectivity index (χ2v) is 5.26. The van der Waals surface area contributed by atoms with Gasteiger partial charge in [-0.25, -0.2) is 4.98 Å². The molecule has 0 saturated carbocycles. The Balaban J connectivity index is 1.85. The van der Waals surface area contributed by atoms with Gasteiger partial charge in [0.05, 0.1) is 10.7 Å². The minimum absolute atomic E-state index is 0.583. The van der Waals surface area contributed by atoms with Gasteiger partial charge in [0.2, 0.25) is 0 Å². The van der Waals surface area contributed by atoms with Gasteiger partial charge in [-0.15, -0.1) is 0 Å². The molecule has 1 aliphatic heterocycles. The molecular formula is C15H16ClN3. The van der Waals surface area contributed by atoms with Gasteiger partial charge < -0.3 is 10.6 Å². The van der Waals surface area contributed by atoms with Crippen molar-refractivity contribution in [1.29, 1.82) is 0 Å². The molecule has 0 bridgehead atoms. The Hall–Kier alpha value is -1.74. The Morgan fingerprint density at radius 2 is 1.74 bits per heavy atom. The summed E-state index contributed by atoms with van der Waals surface area (Å²) in [5.74, 6) is 0.845. The zero-order chi connectivity index (χ0) is 13.2. The summed E-state index contributed by atoms with van der Waals surface area (Å²) in [5.41, 5.74) is 9.53. The molecule has 98 valence electrons. The lowest BCUT2D eigenvalue weighted by atomic mass is 10.0. The molecule has 2 N–H and O–H groups in total. The standard InChI is InChI=1S/C15H16ClN3/c16-13-9-14(17)15(18-10-13)19-7-5-11-3-1-2-4-12(11)6-8-19/h1-4,9-10H,5-8,17H2. The molecule has 3 rings (SSSR count). The Labute approximate surface area is 118 Å². The highest BCUT2D eigenvalue weighted by atomic mass is 35.5. The molecule has 0 radical (unpaired) electrons. The maximum Gasteiger partial charge on any atom is 0.151 e. The van der Waals surface area contributed by atoms with Gasteiger partial charge in [0.25, 0.3) is 0 Å². The molecule has 2 aromatic rings. The van der Waals surface area contributed by atoms with E-state index in [1.165, 1.54) is 11.1 Å². The van der Waals surface area contributed by atoms with E-state index < -0.39 is 0 Å². The highest BCUT2D eigenvalue weighted by Gasteiger charge is 2.16. The SMILES string of the molecule is Nc1cc(Cl)cnc1N1CCc2ccccc2CC1. The maximum atomic E-state index is 6.02. The number of hydrogen-bond donors (Lipinski definition) is 1. The molecule has 0 spiro atoms. The summed E-state index contributed by atoms with van der Waals surface area (Å²) < 4.78 is 0. The van der Waals surface area contributed by atoms with E-state index in [4.69, 9.17) is 17.3 Å². The lowest BCUT2D eigenvalue weighted by molar-refractivity contribution is 0.792. The molecule has 19 heavy (non-hydrogen) atoms. The molecule has 0 unspecified atom stereocenters. The van der Waals surface area contributed by atoms with Crippen LogP contribution >= 0.6 is 11.6 Å². The third-order valence-corrected chi connectivity index (χ3v) is 3.79. The van der Waals surface area contributed by atoms with E-state index in [0.29, 0.717) is 10.7 Å². The third kappa shape index (κ3) is 2.51. The summed E-state index contributed by atoms with van der Waals surface area (Å²) in [5, 5.41) is 0.583. The summed E-state index contributed by atoms with van der Waals surface area (Å²) in [7, 11) is 0. The van der Waals surface area contributed by atoms with Gasteiger partial charge in [0, 0.05) is 19.3 Å². The molecule has 3 nitrogen and oxygen atoms in total. The van der Waals surface area contributed by atoms with E-state index in [-0.39, 0.29) is 0 Å². The molecule has 0 saturated heterocycles. The number of rotatable bonds is 1. The predicted molar refractivity (Wildman–Crippen MR) is 79.7 cm³/mol. The van der Waals surface area contributed by atoms with E-state index in [0.717, 1.165) is 31.7 Å². The molecule has 0 atom stereocenters. The van der Waals surface area contributed by atoms with Crippen LogP contribution in [0.3, 0.4) is 0 Å². The largest absolute Gasteiger partial charge is 0.396 e. The zero-order valence-corrected chi connectivity index (χ0v) is 11.4. The predicted octanol–water partition coefficient (Wildman–Crippen LogP) is 2.92. The fourth-order valence-corrected chi connectivity index (χ4v) is 2.76. The molecule has 4 heteroatoms. The molecule has 0 amide bonds. The molecule has 1 aliphatic rings. The van der Waals surface area contributed by atoms with Gasteiger partial charge in [-0.2, -0.15) is 0 Å². The summed E-state index contributed by atoms with van der Waals surface area (Å²) in [6.07, 6.45) is 3.71. The minimum atomic E-state index is 0.583. The Morgan fingerprint density at radius 1 is 1.11 bits per heavy atom. The summed E-state index contributed by atoms with van der Waals surface area (Å²) >= 11 is 5.90. The van der Waals surface area contributed by atoms with E-state index in [9.17, 15) is 0 Å². The monoisotopic (exact) mass is 273 g/mol. The number of benzene rings is 1. The molecule has 0 aliphatic carbocycles. The summed E-state index contributed by atoms with van der Waals surface area (Å²) in [6.45, 7) is 1.88. The van der Waals surface area contributed by atoms with Crippen molar-refractivity contribution in [2.24, 2.45) is 0 Å². The Bertz CT molecular complexity index is 571. The number of aromatic nitrogens is 1. The quantitative estimate of drug-likeness (QED) is 0.869. The fourth-order valence-electron chi connectivity index (χ4n) is 2.59. The topological polar surface area (TPSA) is 42.1 Å². The first-order chi connectivity index (χ1) is 9.24. The number of fused-ring (bicyclic) bond motifs is 1. The molecular weight excluding hydrogens is 258 g/mol. The van der Waals surface area contributed by atoms with Gasteiger partial charge >= 0.3 is 0 Å². The molecule has 0 fully saturated rings. The average molecular weight is 274 g/mol. The summed E-state index contributed by atoms with van der Waals surface area (Å²) in [4.78, 5) is 6.62. The van der Waals surface area contributed by atoms with Crippen LogP contribution in [0.1, 0.15) is 11.1 Å². The number of nitrogens with two attached hydrogens (primary N) is 1. The lowest BCUT2D eigenvalue weighted by Crippen LogP contribution is -2.27. The number of nitrogens with zero attached hydrogens (tertiary/aromatic N) is 2. The van der Waals surface area contributed by atoms with Gasteiger partial charge in [0.15, 0.2) is 5.82 Å². The van der Waals surface area contributed by atoms with Crippen LogP contribution in [0.2, 0.25) is 5.02 Å². The molecule has 1 aromatic carbocycles. The van der Waals surface area contributed by atoms with Crippen LogP contribution < -0.4 is 10.6 Å². The number of pyridine rings is 1. The first-order valence-corrected chi connectivity index (χ1v) is 6.84. The fraction of sp³-hybridized carbons (Fsp3) is 0.267. The van der Waals surface area contributed by atoms with Crippen molar-refractivity contribution in [1.82, 2.24) is 4.98 Å². The van der Waals surface area contributed by atoms with Crippen molar-refractivity contribution < 1.29 is 0 Å². The average Bonchev–Trinajstić information content (AvgIpc) is 2.62. The van der Waals surface area contributed by atoms with E-state index in [2.05, 4.69) is 34.1 Å². The Morgan fingerprint density at radius 3 is 2.32 bits per heavy atom. The van der Waals surface area contributed by atoms with Crippen molar-refractivity contribution in [3.8, 4) is 0 Å². The van der Waals surface area contributed by atoms with Crippen molar-refractivity contribution in [3.63, 3.8) is 0 Å². The van der Waals surface area contributed by atoms with Gasteiger partial charge in [0.1, 0.15) is 0 Å². The zero-order valence-electron chi connectivity index (χ0n) is 10.6. The number of hydrogen-bond acceptors (Lipinski definition) is 3. The second kappa shape index (κ2) is 5.10. The normalized spacial score (nSPS) is 14.9. The third-order valence-electron chi connectivity index (χ3n) is 3.58. The first kappa shape index (κ1) is 12.3. The van der Waals surface area contributed by atoms with Gasteiger partial charge in [-0.3, -0.25) is 0 Å². The number of nitrogen functional groups attached to an aromatic ring is 1. The van der Waals surface area contributed by atoms with Crippen LogP contribution in [0, 0.1) is 0 Å². The van der Waals surface area contributed by atoms with Crippen LogP contribution in [-0.4, -0.2) is 18.1 Å². The Kier molecular flexibility index (Phi) is 3.30. The number of anilines is 2. The smallest absolute Gasteiger partial charge is 0.151 e. The van der Waals surface area contributed by atoms with Crippen molar-refractivity contribution >= 4 is 23.1 Å². The van der Waals surface area contributed by atoms with Crippen molar-refractivity contribution in [2.45, 2.75) is 12.8 Å². The van der Waals surface area contributed by atoms with Crippen LogP contribution in [0.5, 0.6) is 0 Å². The molecule has 2 heterocycles. The van der Waals surface area contributed by atoms with Gasteiger partial charge in [-0.1, -0.05) is 35.9 Å². The van der Waals surface area contributed by atoms with Crippen molar-refractivity contribution in [3.05, 3.63) is 52.7 Å². The first-order valence-electron chi connectivity index (χ1n) is 6.47. The van der Waals surface area contributed by atoms with Crippen LogP contribution in [0.25, 0.3) is 0 Å². The lowest BCUT2D eigenvalue weighted by Gasteiger charge is -2.22. The van der Waals surface area contributed by atoms with Crippen LogP contribution in [0.15, 0.2) is 36.5 Å². The summed E-state index contributed by atoms with van der Waals surface area (Å²) in [6, 6.07) is 10.4. The highest BCUT2D eigenvalue weighted by Crippen LogP contribution is 2.26. The minimum Gasteiger partial charge on any atom is -0.396 e. The maximum absolute atomic E-state index is 6.02. The van der Waals surface area contributed by atoms with Crippen molar-refractivity contribution in [2.75, 3.05) is 23.7 Å². The van der Waals surface area contributed by atoms with E-state index >= 15 is 0 Å². The van der Waals surface area contributed by atoms with Crippen LogP contribution in [-0.2, 0) is 12.8 Å². The van der Waals surface area contributed by atoms with E-state index in [1.54, 1.807) is 12.3 Å². The highest BCUT2D eigenvalue weighted by molar-refractivity contribution is 6.30. The van der Waals surface area contributed by atoms with Gasteiger partial charge in [-0.05, 0) is 30.0 Å². The van der Waals surface area contributed by atoms with Crippen LogP contribution in [0.4, 0.5) is 11.5 Å².